The van der Waals surface area contributed by atoms with Gasteiger partial charge < -0.3 is 15.4 Å². The average molecular weight is 298 g/mol. The summed E-state index contributed by atoms with van der Waals surface area (Å²) >= 11 is 6.22. The van der Waals surface area contributed by atoms with Crippen molar-refractivity contribution in [3.05, 3.63) is 28.8 Å². The van der Waals surface area contributed by atoms with Crippen LogP contribution in [0.5, 0.6) is 5.75 Å². The Balaban J connectivity index is 1.76. The molecule has 0 atom stereocenters. The first kappa shape index (κ1) is 15.6. The first-order chi connectivity index (χ1) is 9.69. The Morgan fingerprint density at radius 2 is 2.00 bits per heavy atom. The van der Waals surface area contributed by atoms with E-state index in [2.05, 4.69) is 16.8 Å². The van der Waals surface area contributed by atoms with Crippen LogP contribution in [0.2, 0.25) is 5.02 Å². The number of hydrogen-bond acceptors (Lipinski definition) is 4. The van der Waals surface area contributed by atoms with Crippen molar-refractivity contribution >= 4 is 11.6 Å². The van der Waals surface area contributed by atoms with Crippen molar-refractivity contribution in [2.75, 3.05) is 52.9 Å². The van der Waals surface area contributed by atoms with Gasteiger partial charge in [-0.1, -0.05) is 17.7 Å². The van der Waals surface area contributed by atoms with Crippen LogP contribution >= 0.6 is 11.6 Å². The lowest BCUT2D eigenvalue weighted by Gasteiger charge is -2.32. The van der Waals surface area contributed by atoms with E-state index in [4.69, 9.17) is 22.1 Å². The lowest BCUT2D eigenvalue weighted by Crippen LogP contribution is -2.45. The first-order valence-corrected chi connectivity index (χ1v) is 7.59. The smallest absolute Gasteiger partial charge is 0.137 e. The third-order valence-electron chi connectivity index (χ3n) is 3.69. The van der Waals surface area contributed by atoms with Gasteiger partial charge in [-0.25, -0.2) is 0 Å². The second kappa shape index (κ2) is 7.84. The van der Waals surface area contributed by atoms with Crippen LogP contribution in [0.25, 0.3) is 0 Å². The van der Waals surface area contributed by atoms with E-state index >= 15 is 0 Å². The van der Waals surface area contributed by atoms with Crippen molar-refractivity contribution in [1.82, 2.24) is 9.80 Å². The quantitative estimate of drug-likeness (QED) is 0.863. The third-order valence-corrected chi connectivity index (χ3v) is 3.99. The highest BCUT2D eigenvalue weighted by molar-refractivity contribution is 6.32. The Bertz CT molecular complexity index is 420. The number of halogens is 1. The monoisotopic (exact) mass is 297 g/mol. The van der Waals surface area contributed by atoms with Crippen molar-refractivity contribution in [2.45, 2.75) is 6.42 Å². The number of ether oxygens (including phenoxy) is 1. The highest BCUT2D eigenvalue weighted by Gasteiger charge is 2.13. The zero-order chi connectivity index (χ0) is 14.4. The fraction of sp³-hybridized carbons (Fsp3) is 0.600. The summed E-state index contributed by atoms with van der Waals surface area (Å²) in [5.74, 6) is 0.765. The molecule has 1 fully saturated rings. The molecule has 1 saturated heterocycles. The maximum absolute atomic E-state index is 6.22. The van der Waals surface area contributed by atoms with E-state index in [1.54, 1.807) is 0 Å². The predicted octanol–water partition coefficient (Wildman–Crippen LogP) is 1.47. The molecule has 1 aromatic carbocycles. The van der Waals surface area contributed by atoms with Gasteiger partial charge in [-0.3, -0.25) is 4.90 Å². The molecule has 0 aromatic heterocycles. The summed E-state index contributed by atoms with van der Waals surface area (Å²) in [6.07, 6.45) is 0.849. The Morgan fingerprint density at radius 1 is 1.25 bits per heavy atom. The van der Waals surface area contributed by atoms with Gasteiger partial charge >= 0.3 is 0 Å². The maximum atomic E-state index is 6.22. The van der Waals surface area contributed by atoms with Crippen LogP contribution in [0, 0.1) is 0 Å². The van der Waals surface area contributed by atoms with Gasteiger partial charge in [-0.15, -0.1) is 0 Å². The van der Waals surface area contributed by atoms with Crippen LogP contribution in [-0.4, -0.2) is 62.7 Å². The van der Waals surface area contributed by atoms with Gasteiger partial charge in [0.25, 0.3) is 0 Å². The SMILES string of the molecule is CN1CCN(CCOc2ccc(CCN)cc2Cl)CC1. The first-order valence-electron chi connectivity index (χ1n) is 7.21. The van der Waals surface area contributed by atoms with E-state index in [1.807, 2.05) is 18.2 Å². The molecule has 0 unspecified atom stereocenters. The normalized spacial score (nSPS) is 17.4. The molecule has 1 aromatic rings. The van der Waals surface area contributed by atoms with Crippen LogP contribution < -0.4 is 10.5 Å². The molecular weight excluding hydrogens is 274 g/mol. The van der Waals surface area contributed by atoms with E-state index in [9.17, 15) is 0 Å². The van der Waals surface area contributed by atoms with Gasteiger partial charge in [-0.2, -0.15) is 0 Å². The fourth-order valence-electron chi connectivity index (χ4n) is 2.34. The molecule has 0 amide bonds. The molecule has 2 N–H and O–H groups in total. The minimum absolute atomic E-state index is 0.639. The van der Waals surface area contributed by atoms with Crippen molar-refractivity contribution in [3.63, 3.8) is 0 Å². The van der Waals surface area contributed by atoms with Gasteiger partial charge in [0.05, 0.1) is 5.02 Å². The van der Waals surface area contributed by atoms with E-state index in [0.29, 0.717) is 18.2 Å². The second-order valence-corrected chi connectivity index (χ2v) is 5.70. The van der Waals surface area contributed by atoms with Crippen LogP contribution in [0.4, 0.5) is 0 Å². The number of benzene rings is 1. The van der Waals surface area contributed by atoms with Gasteiger partial charge in [0.15, 0.2) is 0 Å². The fourth-order valence-corrected chi connectivity index (χ4v) is 2.60. The molecule has 2 rings (SSSR count). The summed E-state index contributed by atoms with van der Waals surface area (Å²) in [7, 11) is 2.16. The molecule has 4 nitrogen and oxygen atoms in total. The van der Waals surface area contributed by atoms with Crippen molar-refractivity contribution in [3.8, 4) is 5.75 Å². The Kier molecular flexibility index (Phi) is 6.10. The molecule has 20 heavy (non-hydrogen) atoms. The molecule has 1 aliphatic rings. The third kappa shape index (κ3) is 4.63. The van der Waals surface area contributed by atoms with Crippen molar-refractivity contribution in [2.24, 2.45) is 5.73 Å². The highest BCUT2D eigenvalue weighted by atomic mass is 35.5. The molecule has 0 saturated carbocycles. The summed E-state index contributed by atoms with van der Waals surface area (Å²) in [6, 6.07) is 5.92. The van der Waals surface area contributed by atoms with Crippen LogP contribution in [0.3, 0.4) is 0 Å². The molecule has 1 aliphatic heterocycles. The van der Waals surface area contributed by atoms with Gasteiger partial charge in [0, 0.05) is 32.7 Å². The second-order valence-electron chi connectivity index (χ2n) is 5.30. The van der Waals surface area contributed by atoms with Gasteiger partial charge in [0.2, 0.25) is 0 Å². The minimum atomic E-state index is 0.639. The lowest BCUT2D eigenvalue weighted by atomic mass is 10.1. The lowest BCUT2D eigenvalue weighted by molar-refractivity contribution is 0.134. The molecule has 0 spiro atoms. The van der Waals surface area contributed by atoms with E-state index in [1.165, 1.54) is 0 Å². The Hall–Kier alpha value is -0.810. The zero-order valence-electron chi connectivity index (χ0n) is 12.1. The molecule has 0 aliphatic carbocycles. The molecular formula is C15H24ClN3O. The van der Waals surface area contributed by atoms with Gasteiger partial charge in [0.1, 0.15) is 12.4 Å². The van der Waals surface area contributed by atoms with Crippen molar-refractivity contribution in [1.29, 1.82) is 0 Å². The van der Waals surface area contributed by atoms with Crippen molar-refractivity contribution < 1.29 is 4.74 Å². The zero-order valence-corrected chi connectivity index (χ0v) is 12.9. The predicted molar refractivity (Wildman–Crippen MR) is 83.6 cm³/mol. The highest BCUT2D eigenvalue weighted by Crippen LogP contribution is 2.25. The number of likely N-dealkylation sites (N-methyl/N-ethyl adjacent to an activating group) is 1. The summed E-state index contributed by atoms with van der Waals surface area (Å²) < 4.78 is 5.78. The standard InChI is InChI=1S/C15H24ClN3O/c1-18-6-8-19(9-7-18)10-11-20-15-3-2-13(4-5-17)12-14(15)16/h2-3,12H,4-11,17H2,1H3. The van der Waals surface area contributed by atoms with E-state index < -0.39 is 0 Å². The maximum Gasteiger partial charge on any atom is 0.137 e. The largest absolute Gasteiger partial charge is 0.491 e. The molecule has 112 valence electrons. The van der Waals surface area contributed by atoms with Crippen LogP contribution in [0.1, 0.15) is 5.56 Å². The molecule has 1 heterocycles. The van der Waals surface area contributed by atoms with E-state index in [-0.39, 0.29) is 0 Å². The number of piperazine rings is 1. The Morgan fingerprint density at radius 3 is 2.65 bits per heavy atom. The van der Waals surface area contributed by atoms with E-state index in [0.717, 1.165) is 50.5 Å². The summed E-state index contributed by atoms with van der Waals surface area (Å²) in [6.45, 7) is 6.77. The average Bonchev–Trinajstić information content (AvgIpc) is 2.44. The number of nitrogens with two attached hydrogens (primary N) is 1. The minimum Gasteiger partial charge on any atom is -0.491 e. The number of rotatable bonds is 6. The Labute approximate surface area is 126 Å². The number of nitrogens with zero attached hydrogens (tertiary/aromatic N) is 2. The molecule has 0 radical (unpaired) electrons. The summed E-state index contributed by atoms with van der Waals surface area (Å²) in [5.41, 5.74) is 6.69. The van der Waals surface area contributed by atoms with Gasteiger partial charge in [-0.05, 0) is 37.7 Å². The topological polar surface area (TPSA) is 41.7 Å². The number of hydrogen-bond donors (Lipinski definition) is 1. The van der Waals surface area contributed by atoms with Crippen LogP contribution in [0.15, 0.2) is 18.2 Å². The van der Waals surface area contributed by atoms with Crippen LogP contribution in [-0.2, 0) is 6.42 Å². The molecule has 5 heteroatoms. The summed E-state index contributed by atoms with van der Waals surface area (Å²) in [5, 5.41) is 0.675. The summed E-state index contributed by atoms with van der Waals surface area (Å²) in [4.78, 5) is 4.78. The molecule has 0 bridgehead atoms.